The first kappa shape index (κ1) is 12.5. The van der Waals surface area contributed by atoms with Crippen molar-refractivity contribution >= 4 is 11.0 Å². The number of fused-ring (bicyclic) bond motifs is 1. The Balaban J connectivity index is 1.95. The molecule has 1 aromatic heterocycles. The molecule has 0 amide bonds. The average molecular weight is 260 g/mol. The minimum atomic E-state index is 0.360. The zero-order valence-corrected chi connectivity index (χ0v) is 11.5. The molecule has 0 spiro atoms. The fourth-order valence-corrected chi connectivity index (χ4v) is 2.68. The van der Waals surface area contributed by atoms with Gasteiger partial charge in [0, 0.05) is 30.1 Å². The Bertz CT molecular complexity index is 564. The van der Waals surface area contributed by atoms with Crippen molar-refractivity contribution in [2.24, 2.45) is 0 Å². The lowest BCUT2D eigenvalue weighted by molar-refractivity contribution is 0.355. The maximum Gasteiger partial charge on any atom is 0.134 e. The van der Waals surface area contributed by atoms with Crippen molar-refractivity contribution in [1.29, 1.82) is 0 Å². The largest absolute Gasteiger partial charge is 0.497 e. The molecule has 19 heavy (non-hydrogen) atoms. The van der Waals surface area contributed by atoms with Gasteiger partial charge in [-0.15, -0.1) is 0 Å². The summed E-state index contributed by atoms with van der Waals surface area (Å²) in [5.41, 5.74) is 2.17. The summed E-state index contributed by atoms with van der Waals surface area (Å²) >= 11 is 0. The van der Waals surface area contributed by atoms with E-state index in [1.807, 2.05) is 18.4 Å². The van der Waals surface area contributed by atoms with Crippen LogP contribution in [0.5, 0.6) is 5.75 Å². The average Bonchev–Trinajstić information content (AvgIpc) is 2.73. The molecular weight excluding hydrogens is 240 g/mol. The molecule has 0 saturated carbocycles. The summed E-state index contributed by atoms with van der Waals surface area (Å²) in [7, 11) is 3.86. The highest BCUT2D eigenvalue weighted by Gasteiger charge is 2.20. The van der Waals surface area contributed by atoms with Crippen LogP contribution in [-0.4, -0.2) is 38.7 Å². The first-order chi connectivity index (χ1) is 9.28. The van der Waals surface area contributed by atoms with E-state index < -0.39 is 0 Å². The van der Waals surface area contributed by atoms with Gasteiger partial charge in [0.2, 0.25) is 0 Å². The van der Waals surface area contributed by atoms with E-state index in [1.165, 1.54) is 5.56 Å². The van der Waals surface area contributed by atoms with E-state index in [2.05, 4.69) is 23.3 Å². The van der Waals surface area contributed by atoms with E-state index in [9.17, 15) is 0 Å². The van der Waals surface area contributed by atoms with Crippen molar-refractivity contribution in [3.8, 4) is 5.75 Å². The molecule has 1 unspecified atom stereocenters. The van der Waals surface area contributed by atoms with Gasteiger partial charge >= 0.3 is 0 Å². The van der Waals surface area contributed by atoms with Gasteiger partial charge < -0.3 is 19.4 Å². The zero-order chi connectivity index (χ0) is 13.2. The number of benzene rings is 1. The Morgan fingerprint density at radius 2 is 2.26 bits per heavy atom. The van der Waals surface area contributed by atoms with E-state index in [0.29, 0.717) is 6.04 Å². The third-order valence-electron chi connectivity index (χ3n) is 3.87. The molecule has 1 N–H and O–H groups in total. The van der Waals surface area contributed by atoms with Crippen LogP contribution in [0.25, 0.3) is 11.0 Å². The van der Waals surface area contributed by atoms with Gasteiger partial charge in [-0.3, -0.25) is 0 Å². The number of methoxy groups -OCH3 is 1. The third-order valence-corrected chi connectivity index (χ3v) is 3.87. The van der Waals surface area contributed by atoms with E-state index in [4.69, 9.17) is 9.15 Å². The SMILES string of the molecule is COc1ccc2occ(C3CCN(C)CCN3)c2c1. The van der Waals surface area contributed by atoms with Crippen LogP contribution in [0.3, 0.4) is 0 Å². The molecule has 1 aliphatic rings. The summed E-state index contributed by atoms with van der Waals surface area (Å²) in [5.74, 6) is 0.876. The van der Waals surface area contributed by atoms with Crippen LogP contribution in [-0.2, 0) is 0 Å². The highest BCUT2D eigenvalue weighted by atomic mass is 16.5. The smallest absolute Gasteiger partial charge is 0.134 e. The van der Waals surface area contributed by atoms with Gasteiger partial charge in [-0.2, -0.15) is 0 Å². The molecule has 0 bridgehead atoms. The molecule has 1 atom stereocenters. The van der Waals surface area contributed by atoms with Crippen molar-refractivity contribution < 1.29 is 9.15 Å². The molecule has 0 aliphatic carbocycles. The van der Waals surface area contributed by atoms with Crippen LogP contribution >= 0.6 is 0 Å². The van der Waals surface area contributed by atoms with Gasteiger partial charge in [-0.1, -0.05) is 0 Å². The van der Waals surface area contributed by atoms with E-state index >= 15 is 0 Å². The van der Waals surface area contributed by atoms with Crippen molar-refractivity contribution in [2.45, 2.75) is 12.5 Å². The number of rotatable bonds is 2. The molecule has 4 heteroatoms. The number of hydrogen-bond acceptors (Lipinski definition) is 4. The summed E-state index contributed by atoms with van der Waals surface area (Å²) in [5, 5.41) is 4.76. The molecule has 4 nitrogen and oxygen atoms in total. The monoisotopic (exact) mass is 260 g/mol. The van der Waals surface area contributed by atoms with Crippen LogP contribution in [0.4, 0.5) is 0 Å². The first-order valence-corrected chi connectivity index (χ1v) is 6.75. The fraction of sp³-hybridized carbons (Fsp3) is 0.467. The fourth-order valence-electron chi connectivity index (χ4n) is 2.68. The molecule has 1 fully saturated rings. The molecular formula is C15H20N2O2. The lowest BCUT2D eigenvalue weighted by Gasteiger charge is -2.14. The van der Waals surface area contributed by atoms with Crippen LogP contribution in [0.2, 0.25) is 0 Å². The number of likely N-dealkylation sites (N-methyl/N-ethyl adjacent to an activating group) is 1. The van der Waals surface area contributed by atoms with Crippen LogP contribution in [0, 0.1) is 0 Å². The standard InChI is InChI=1S/C15H20N2O2/c1-17-7-5-14(16-6-8-17)13-10-19-15-4-3-11(18-2)9-12(13)15/h3-4,9-10,14,16H,5-8H2,1-2H3. The van der Waals surface area contributed by atoms with E-state index in [0.717, 1.165) is 42.8 Å². The predicted octanol–water partition coefficient (Wildman–Crippen LogP) is 2.41. The Hall–Kier alpha value is -1.52. The number of ether oxygens (including phenoxy) is 1. The Morgan fingerprint density at radius 1 is 1.37 bits per heavy atom. The lowest BCUT2D eigenvalue weighted by atomic mass is 10.0. The second-order valence-electron chi connectivity index (χ2n) is 5.15. The number of furan rings is 1. The minimum absolute atomic E-state index is 0.360. The molecule has 102 valence electrons. The van der Waals surface area contributed by atoms with E-state index in [-0.39, 0.29) is 0 Å². The molecule has 0 radical (unpaired) electrons. The topological polar surface area (TPSA) is 37.6 Å². The van der Waals surface area contributed by atoms with E-state index in [1.54, 1.807) is 7.11 Å². The molecule has 2 heterocycles. The molecule has 1 aromatic carbocycles. The van der Waals surface area contributed by atoms with Crippen molar-refractivity contribution in [2.75, 3.05) is 33.8 Å². The third kappa shape index (κ3) is 2.46. The highest BCUT2D eigenvalue weighted by Crippen LogP contribution is 2.31. The maximum atomic E-state index is 5.66. The quantitative estimate of drug-likeness (QED) is 0.900. The molecule has 1 aliphatic heterocycles. The van der Waals surface area contributed by atoms with Gasteiger partial charge in [-0.25, -0.2) is 0 Å². The predicted molar refractivity (Wildman–Crippen MR) is 75.6 cm³/mol. The Labute approximate surface area is 113 Å². The van der Waals surface area contributed by atoms with Gasteiger partial charge in [0.1, 0.15) is 11.3 Å². The van der Waals surface area contributed by atoms with Gasteiger partial charge in [0.25, 0.3) is 0 Å². The normalized spacial score (nSPS) is 21.5. The van der Waals surface area contributed by atoms with Crippen LogP contribution < -0.4 is 10.1 Å². The second kappa shape index (κ2) is 5.23. The van der Waals surface area contributed by atoms with Gasteiger partial charge in [0.05, 0.1) is 13.4 Å². The second-order valence-corrected chi connectivity index (χ2v) is 5.15. The molecule has 3 rings (SSSR count). The number of nitrogens with zero attached hydrogens (tertiary/aromatic N) is 1. The van der Waals surface area contributed by atoms with Gasteiger partial charge in [-0.05, 0) is 38.2 Å². The summed E-state index contributed by atoms with van der Waals surface area (Å²) in [6.45, 7) is 3.21. The summed E-state index contributed by atoms with van der Waals surface area (Å²) < 4.78 is 11.0. The Kier molecular flexibility index (Phi) is 3.44. The van der Waals surface area contributed by atoms with Crippen molar-refractivity contribution in [1.82, 2.24) is 10.2 Å². The highest BCUT2D eigenvalue weighted by molar-refractivity contribution is 5.83. The summed E-state index contributed by atoms with van der Waals surface area (Å²) in [6.07, 6.45) is 2.98. The zero-order valence-electron chi connectivity index (χ0n) is 11.5. The van der Waals surface area contributed by atoms with Crippen molar-refractivity contribution in [3.05, 3.63) is 30.0 Å². The van der Waals surface area contributed by atoms with Gasteiger partial charge in [0.15, 0.2) is 0 Å². The first-order valence-electron chi connectivity index (χ1n) is 6.75. The van der Waals surface area contributed by atoms with Crippen molar-refractivity contribution in [3.63, 3.8) is 0 Å². The number of hydrogen-bond donors (Lipinski definition) is 1. The van der Waals surface area contributed by atoms with Crippen LogP contribution in [0.1, 0.15) is 18.0 Å². The van der Waals surface area contributed by atoms with Crippen LogP contribution in [0.15, 0.2) is 28.9 Å². The molecule has 1 saturated heterocycles. The summed E-state index contributed by atoms with van der Waals surface area (Å²) in [4.78, 5) is 2.36. The lowest BCUT2D eigenvalue weighted by Crippen LogP contribution is -2.24. The minimum Gasteiger partial charge on any atom is -0.497 e. The molecule has 2 aromatic rings. The maximum absolute atomic E-state index is 5.66. The summed E-state index contributed by atoms with van der Waals surface area (Å²) in [6, 6.07) is 6.33. The number of nitrogens with one attached hydrogen (secondary N) is 1. The Morgan fingerprint density at radius 3 is 3.11 bits per heavy atom.